The third-order valence-electron chi connectivity index (χ3n) is 3.99. The van der Waals surface area contributed by atoms with Gasteiger partial charge in [-0.05, 0) is 56.5 Å². The van der Waals surface area contributed by atoms with E-state index >= 15 is 0 Å². The van der Waals surface area contributed by atoms with Gasteiger partial charge in [0.05, 0.1) is 4.90 Å². The Labute approximate surface area is 178 Å². The zero-order valence-corrected chi connectivity index (χ0v) is 18.9. The van der Waals surface area contributed by atoms with E-state index in [1.807, 2.05) is 51.1 Å². The number of sulfonamides is 1. The second kappa shape index (κ2) is 10.1. The average molecular weight is 437 g/mol. The fourth-order valence-electron chi connectivity index (χ4n) is 2.75. The zero-order valence-electron chi connectivity index (χ0n) is 17.3. The maximum atomic E-state index is 12.7. The Kier molecular flexibility index (Phi) is 8.07. The molecule has 6 nitrogen and oxygen atoms in total. The Morgan fingerprint density at radius 2 is 1.69 bits per heavy atom. The second-order valence-corrected chi connectivity index (χ2v) is 9.78. The van der Waals surface area contributed by atoms with Crippen LogP contribution < -0.4 is 15.4 Å². The molecule has 2 rings (SSSR count). The molecule has 0 heterocycles. The highest BCUT2D eigenvalue weighted by Crippen LogP contribution is 2.17. The molecule has 2 aromatic rings. The topological polar surface area (TPSA) is 82.6 Å². The number of hydrogen-bond acceptors (Lipinski definition) is 3. The lowest BCUT2D eigenvalue weighted by Gasteiger charge is -2.22. The molecular weight excluding hydrogens is 408 g/mol. The molecule has 0 radical (unpaired) electrons. The quantitative estimate of drug-likeness (QED) is 0.459. The van der Waals surface area contributed by atoms with Crippen LogP contribution in [-0.2, 0) is 23.0 Å². The zero-order chi connectivity index (χ0) is 21.5. The van der Waals surface area contributed by atoms with Gasteiger partial charge in [-0.15, -0.1) is 0 Å². The van der Waals surface area contributed by atoms with Crippen LogP contribution in [0.4, 0.5) is 0 Å². The first kappa shape index (κ1) is 23.2. The van der Waals surface area contributed by atoms with Crippen molar-refractivity contribution in [1.82, 2.24) is 15.4 Å². The predicted molar refractivity (Wildman–Crippen MR) is 120 cm³/mol. The van der Waals surface area contributed by atoms with Gasteiger partial charge in [-0.2, -0.15) is 0 Å². The van der Waals surface area contributed by atoms with Gasteiger partial charge in [0.15, 0.2) is 5.96 Å². The lowest BCUT2D eigenvalue weighted by molar-refractivity contribution is 0.491. The van der Waals surface area contributed by atoms with Gasteiger partial charge in [0, 0.05) is 30.7 Å². The first-order chi connectivity index (χ1) is 13.6. The molecule has 8 heteroatoms. The van der Waals surface area contributed by atoms with E-state index in [2.05, 4.69) is 20.3 Å². The van der Waals surface area contributed by atoms with Crippen molar-refractivity contribution in [2.45, 2.75) is 44.2 Å². The Hall–Kier alpha value is -2.09. The van der Waals surface area contributed by atoms with Gasteiger partial charge in [-0.3, -0.25) is 4.99 Å². The molecule has 0 fully saturated rings. The van der Waals surface area contributed by atoms with Crippen LogP contribution in [0.25, 0.3) is 0 Å². The molecule has 0 bridgehead atoms. The molecule has 0 atom stereocenters. The molecule has 0 spiro atoms. The summed E-state index contributed by atoms with van der Waals surface area (Å²) >= 11 is 5.91. The minimum absolute atomic E-state index is 0.263. The number of guanidine groups is 1. The summed E-state index contributed by atoms with van der Waals surface area (Å²) in [5, 5.41) is 7.14. The van der Waals surface area contributed by atoms with E-state index in [-0.39, 0.29) is 4.90 Å². The summed E-state index contributed by atoms with van der Waals surface area (Å²) < 4.78 is 28.2. The van der Waals surface area contributed by atoms with Crippen LogP contribution in [0.15, 0.2) is 58.4 Å². The Bertz CT molecular complexity index is 936. The Morgan fingerprint density at radius 1 is 1.03 bits per heavy atom. The van der Waals surface area contributed by atoms with Crippen molar-refractivity contribution in [1.29, 1.82) is 0 Å². The first-order valence-electron chi connectivity index (χ1n) is 9.41. The average Bonchev–Trinajstić information content (AvgIpc) is 2.64. The van der Waals surface area contributed by atoms with Crippen LogP contribution in [0.5, 0.6) is 0 Å². The molecule has 0 amide bonds. The molecule has 158 valence electrons. The predicted octanol–water partition coefficient (Wildman–Crippen LogP) is 3.32. The Morgan fingerprint density at radius 3 is 2.31 bits per heavy atom. The largest absolute Gasteiger partial charge is 0.356 e. The van der Waals surface area contributed by atoms with Crippen LogP contribution in [0.1, 0.15) is 31.9 Å². The van der Waals surface area contributed by atoms with Gasteiger partial charge in [0.25, 0.3) is 0 Å². The summed E-state index contributed by atoms with van der Waals surface area (Å²) in [4.78, 5) is 4.47. The molecule has 2 aromatic carbocycles. The van der Waals surface area contributed by atoms with Gasteiger partial charge in [0.1, 0.15) is 0 Å². The summed E-state index contributed by atoms with van der Waals surface area (Å²) in [5.74, 6) is 0.606. The summed E-state index contributed by atoms with van der Waals surface area (Å²) in [6.45, 7) is 6.47. The van der Waals surface area contributed by atoms with Crippen LogP contribution in [0.3, 0.4) is 0 Å². The van der Waals surface area contributed by atoms with E-state index < -0.39 is 15.6 Å². The second-order valence-electron chi connectivity index (χ2n) is 7.69. The van der Waals surface area contributed by atoms with E-state index in [0.717, 1.165) is 6.42 Å². The van der Waals surface area contributed by atoms with Crippen LogP contribution in [0, 0.1) is 0 Å². The van der Waals surface area contributed by atoms with Gasteiger partial charge in [0.2, 0.25) is 10.0 Å². The van der Waals surface area contributed by atoms with Gasteiger partial charge < -0.3 is 10.6 Å². The number of nitrogens with one attached hydrogen (secondary N) is 3. The highest BCUT2D eigenvalue weighted by molar-refractivity contribution is 7.89. The fraction of sp³-hybridized carbons (Fsp3) is 0.381. The van der Waals surface area contributed by atoms with Crippen molar-refractivity contribution < 1.29 is 8.42 Å². The van der Waals surface area contributed by atoms with Crippen molar-refractivity contribution >= 4 is 27.6 Å². The number of aliphatic imine (C=N–C) groups is 1. The van der Waals surface area contributed by atoms with E-state index in [0.29, 0.717) is 29.6 Å². The van der Waals surface area contributed by atoms with Crippen LogP contribution >= 0.6 is 11.6 Å². The van der Waals surface area contributed by atoms with Crippen molar-refractivity contribution in [2.24, 2.45) is 4.99 Å². The molecule has 3 N–H and O–H groups in total. The molecule has 0 aliphatic rings. The van der Waals surface area contributed by atoms with E-state index in [9.17, 15) is 8.42 Å². The summed E-state index contributed by atoms with van der Waals surface area (Å²) in [6, 6.07) is 14.7. The van der Waals surface area contributed by atoms with E-state index in [1.165, 1.54) is 5.56 Å². The monoisotopic (exact) mass is 436 g/mol. The molecule has 0 aromatic heterocycles. The number of rotatable bonds is 7. The van der Waals surface area contributed by atoms with Crippen molar-refractivity contribution in [3.63, 3.8) is 0 Å². The summed E-state index contributed by atoms with van der Waals surface area (Å²) in [6.07, 6.45) is 0.818. The Balaban J connectivity index is 1.98. The fourth-order valence-corrected chi connectivity index (χ4v) is 4.53. The SMILES string of the molecule is CN=C(NCCc1ccc(Cl)cc1)NCc1ccccc1S(=O)(=O)NC(C)(C)C. The molecule has 0 aliphatic heterocycles. The van der Waals surface area contributed by atoms with E-state index in [4.69, 9.17) is 11.6 Å². The van der Waals surface area contributed by atoms with Crippen molar-refractivity contribution in [3.05, 3.63) is 64.7 Å². The van der Waals surface area contributed by atoms with Crippen LogP contribution in [0.2, 0.25) is 5.02 Å². The molecule has 0 aliphatic carbocycles. The minimum Gasteiger partial charge on any atom is -0.356 e. The van der Waals surface area contributed by atoms with Crippen molar-refractivity contribution in [2.75, 3.05) is 13.6 Å². The van der Waals surface area contributed by atoms with Gasteiger partial charge in [-0.25, -0.2) is 13.1 Å². The number of benzene rings is 2. The summed E-state index contributed by atoms with van der Waals surface area (Å²) in [7, 11) is -1.94. The standard InChI is InChI=1S/C21H29ClN4O2S/c1-21(2,3)26-29(27,28)19-8-6-5-7-17(19)15-25-20(23-4)24-14-13-16-9-11-18(22)12-10-16/h5-12,26H,13-15H2,1-4H3,(H2,23,24,25). The third kappa shape index (κ3) is 7.68. The molecule has 0 saturated heterocycles. The molecule has 29 heavy (non-hydrogen) atoms. The lowest BCUT2D eigenvalue weighted by atomic mass is 10.1. The highest BCUT2D eigenvalue weighted by atomic mass is 35.5. The van der Waals surface area contributed by atoms with Gasteiger partial charge >= 0.3 is 0 Å². The third-order valence-corrected chi connectivity index (χ3v) is 6.10. The summed E-state index contributed by atoms with van der Waals surface area (Å²) in [5.41, 5.74) is 1.28. The number of nitrogens with zero attached hydrogens (tertiary/aromatic N) is 1. The van der Waals surface area contributed by atoms with Crippen LogP contribution in [-0.4, -0.2) is 33.5 Å². The number of hydrogen-bond donors (Lipinski definition) is 3. The molecule has 0 saturated carbocycles. The molecular formula is C21H29ClN4O2S. The molecule has 0 unspecified atom stereocenters. The lowest BCUT2D eigenvalue weighted by Crippen LogP contribution is -2.41. The normalized spacial score (nSPS) is 12.7. The minimum atomic E-state index is -3.62. The number of halogens is 1. The van der Waals surface area contributed by atoms with E-state index in [1.54, 1.807) is 25.2 Å². The maximum Gasteiger partial charge on any atom is 0.241 e. The van der Waals surface area contributed by atoms with Crippen molar-refractivity contribution in [3.8, 4) is 0 Å². The first-order valence-corrected chi connectivity index (χ1v) is 11.3. The highest BCUT2D eigenvalue weighted by Gasteiger charge is 2.24. The van der Waals surface area contributed by atoms with Gasteiger partial charge in [-0.1, -0.05) is 41.9 Å². The maximum absolute atomic E-state index is 12.7. The smallest absolute Gasteiger partial charge is 0.241 e.